The van der Waals surface area contributed by atoms with Gasteiger partial charge in [0.1, 0.15) is 4.88 Å². The molecule has 0 fully saturated rings. The Hall–Kier alpha value is -3.60. The Morgan fingerprint density at radius 1 is 1.19 bits per heavy atom. The van der Waals surface area contributed by atoms with Crippen LogP contribution in [0.2, 0.25) is 0 Å². The summed E-state index contributed by atoms with van der Waals surface area (Å²) in [5.74, 6) is -0.304. The molecule has 0 spiro atoms. The Morgan fingerprint density at radius 3 is 2.71 bits per heavy atom. The number of thiazole rings is 1. The molecule has 10 nitrogen and oxygen atoms in total. The summed E-state index contributed by atoms with van der Waals surface area (Å²) in [7, 11) is 0. The van der Waals surface area contributed by atoms with Gasteiger partial charge >= 0.3 is 5.97 Å². The van der Waals surface area contributed by atoms with Crippen LogP contribution in [0.15, 0.2) is 28.8 Å². The summed E-state index contributed by atoms with van der Waals surface area (Å²) in [6, 6.07) is 6.79. The van der Waals surface area contributed by atoms with Crippen molar-refractivity contribution in [2.45, 2.75) is 27.2 Å². The van der Waals surface area contributed by atoms with Gasteiger partial charge in [-0.2, -0.15) is 4.98 Å². The molecule has 0 unspecified atom stereocenters. The lowest BCUT2D eigenvalue weighted by Crippen LogP contribution is -2.27. The Morgan fingerprint density at radius 2 is 2.00 bits per heavy atom. The maximum atomic E-state index is 12.4. The van der Waals surface area contributed by atoms with E-state index in [4.69, 9.17) is 9.26 Å². The number of aryl methyl sites for hydroxylation is 2. The lowest BCUT2D eigenvalue weighted by Gasteiger charge is -2.06. The number of nitrogens with one attached hydrogen (secondary N) is 2. The molecule has 0 aliphatic heterocycles. The van der Waals surface area contributed by atoms with E-state index >= 15 is 0 Å². The number of benzene rings is 1. The number of rotatable bonds is 8. The third-order valence-corrected chi connectivity index (χ3v) is 5.10. The van der Waals surface area contributed by atoms with Gasteiger partial charge in [-0.1, -0.05) is 28.6 Å². The second-order valence-corrected chi connectivity index (χ2v) is 7.42. The fraction of sp³-hybridized carbons (Fsp3) is 0.300. The summed E-state index contributed by atoms with van der Waals surface area (Å²) in [5.41, 5.74) is 1.55. The van der Waals surface area contributed by atoms with Gasteiger partial charge in [0.2, 0.25) is 17.6 Å². The molecule has 0 radical (unpaired) electrons. The molecule has 0 bridgehead atoms. The Bertz CT molecular complexity index is 1110. The van der Waals surface area contributed by atoms with Crippen molar-refractivity contribution in [2.75, 3.05) is 18.5 Å². The molecule has 31 heavy (non-hydrogen) atoms. The Balaban J connectivity index is 1.51. The fourth-order valence-corrected chi connectivity index (χ4v) is 3.50. The minimum Gasteiger partial charge on any atom is -0.462 e. The molecular weight excluding hydrogens is 422 g/mol. The van der Waals surface area contributed by atoms with Crippen LogP contribution in [0.3, 0.4) is 0 Å². The van der Waals surface area contributed by atoms with Gasteiger partial charge in [-0.3, -0.25) is 9.59 Å². The summed E-state index contributed by atoms with van der Waals surface area (Å²) in [5, 5.41) is 9.47. The lowest BCUT2D eigenvalue weighted by molar-refractivity contribution is -0.116. The minimum absolute atomic E-state index is 0.0445. The van der Waals surface area contributed by atoms with E-state index in [1.165, 1.54) is 0 Å². The van der Waals surface area contributed by atoms with Crippen LogP contribution in [0.1, 0.15) is 45.0 Å². The first-order chi connectivity index (χ1) is 14.9. The molecule has 0 aliphatic rings. The molecule has 0 saturated carbocycles. The first-order valence-corrected chi connectivity index (χ1v) is 10.3. The molecule has 0 aliphatic carbocycles. The first-order valence-electron chi connectivity index (χ1n) is 9.50. The average molecular weight is 443 g/mol. The zero-order valence-electron chi connectivity index (χ0n) is 17.2. The molecule has 0 saturated heterocycles. The van der Waals surface area contributed by atoms with Crippen molar-refractivity contribution in [1.29, 1.82) is 0 Å². The molecule has 11 heteroatoms. The SMILES string of the molecule is CCOC(=O)c1sc(NC(=O)CCNC(=O)c2cccc(-c3noc(C)n3)c2)nc1C. The van der Waals surface area contributed by atoms with Crippen molar-refractivity contribution >= 4 is 34.3 Å². The van der Waals surface area contributed by atoms with Crippen LogP contribution in [-0.4, -0.2) is 46.1 Å². The highest BCUT2D eigenvalue weighted by atomic mass is 32.1. The molecule has 3 rings (SSSR count). The van der Waals surface area contributed by atoms with Gasteiger partial charge in [0.25, 0.3) is 5.91 Å². The van der Waals surface area contributed by atoms with E-state index in [0.29, 0.717) is 38.5 Å². The highest BCUT2D eigenvalue weighted by Crippen LogP contribution is 2.23. The number of hydrogen-bond donors (Lipinski definition) is 2. The number of hydrogen-bond acceptors (Lipinski definition) is 9. The van der Waals surface area contributed by atoms with Gasteiger partial charge in [-0.25, -0.2) is 9.78 Å². The molecular formula is C20H21N5O5S. The summed E-state index contributed by atoms with van der Waals surface area (Å²) in [4.78, 5) is 45.0. The number of esters is 1. The molecule has 2 amide bonds. The van der Waals surface area contributed by atoms with Gasteiger partial charge in [0, 0.05) is 31.0 Å². The maximum absolute atomic E-state index is 12.4. The summed E-state index contributed by atoms with van der Waals surface area (Å²) >= 11 is 1.05. The van der Waals surface area contributed by atoms with Gasteiger partial charge in [-0.05, 0) is 26.0 Å². The third-order valence-electron chi connectivity index (χ3n) is 4.05. The predicted octanol–water partition coefficient (Wildman–Crippen LogP) is 2.75. The average Bonchev–Trinajstić information content (AvgIpc) is 3.33. The van der Waals surface area contributed by atoms with E-state index in [2.05, 4.69) is 25.8 Å². The largest absolute Gasteiger partial charge is 0.462 e. The highest BCUT2D eigenvalue weighted by Gasteiger charge is 2.17. The highest BCUT2D eigenvalue weighted by molar-refractivity contribution is 7.17. The molecule has 3 aromatic rings. The monoisotopic (exact) mass is 443 g/mol. The zero-order chi connectivity index (χ0) is 22.4. The van der Waals surface area contributed by atoms with Gasteiger partial charge in [-0.15, -0.1) is 0 Å². The van der Waals surface area contributed by atoms with Crippen molar-refractivity contribution in [3.63, 3.8) is 0 Å². The minimum atomic E-state index is -0.469. The third kappa shape index (κ3) is 5.72. The fourth-order valence-electron chi connectivity index (χ4n) is 2.63. The zero-order valence-corrected chi connectivity index (χ0v) is 18.0. The second kappa shape index (κ2) is 9.94. The maximum Gasteiger partial charge on any atom is 0.350 e. The number of anilines is 1. The summed E-state index contributed by atoms with van der Waals surface area (Å²) in [6.07, 6.45) is 0.0445. The van der Waals surface area contributed by atoms with Crippen molar-refractivity contribution in [2.24, 2.45) is 0 Å². The molecule has 0 atom stereocenters. The molecule has 2 N–H and O–H groups in total. The van der Waals surface area contributed by atoms with Crippen molar-refractivity contribution in [1.82, 2.24) is 20.4 Å². The van der Waals surface area contributed by atoms with Crippen LogP contribution in [0.4, 0.5) is 5.13 Å². The Kier molecular flexibility index (Phi) is 7.08. The first kappa shape index (κ1) is 22.1. The molecule has 2 heterocycles. The number of aromatic nitrogens is 3. The molecule has 2 aromatic heterocycles. The normalized spacial score (nSPS) is 10.5. The predicted molar refractivity (Wildman–Crippen MR) is 113 cm³/mol. The van der Waals surface area contributed by atoms with Gasteiger partial charge in [0.15, 0.2) is 5.13 Å². The number of carbonyl (C=O) groups excluding carboxylic acids is 3. The standard InChI is InChI=1S/C20H21N5O5S/c1-4-29-19(28)16-11(2)22-20(31-16)24-15(26)8-9-21-18(27)14-7-5-6-13(10-14)17-23-12(3)30-25-17/h5-7,10H,4,8-9H2,1-3H3,(H,21,27)(H,22,24,26). The van der Waals surface area contributed by atoms with Crippen molar-refractivity contribution in [3.8, 4) is 11.4 Å². The second-order valence-electron chi connectivity index (χ2n) is 6.43. The van der Waals surface area contributed by atoms with Crippen LogP contribution in [-0.2, 0) is 9.53 Å². The number of carbonyl (C=O) groups is 3. The Labute approximate surface area is 182 Å². The van der Waals surface area contributed by atoms with Gasteiger partial charge in [0.05, 0.1) is 12.3 Å². The summed E-state index contributed by atoms with van der Waals surface area (Å²) < 4.78 is 9.91. The van der Waals surface area contributed by atoms with Crippen LogP contribution in [0.5, 0.6) is 0 Å². The van der Waals surface area contributed by atoms with E-state index in [1.54, 1.807) is 45.0 Å². The topological polar surface area (TPSA) is 136 Å². The van der Waals surface area contributed by atoms with E-state index in [0.717, 1.165) is 11.3 Å². The van der Waals surface area contributed by atoms with E-state index < -0.39 is 5.97 Å². The number of ether oxygens (including phenoxy) is 1. The van der Waals surface area contributed by atoms with Crippen LogP contribution >= 0.6 is 11.3 Å². The van der Waals surface area contributed by atoms with Crippen LogP contribution in [0, 0.1) is 13.8 Å². The van der Waals surface area contributed by atoms with Crippen molar-refractivity contribution < 1.29 is 23.6 Å². The molecule has 1 aromatic carbocycles. The smallest absolute Gasteiger partial charge is 0.350 e. The lowest BCUT2D eigenvalue weighted by atomic mass is 10.1. The number of nitrogens with zero attached hydrogens (tertiary/aromatic N) is 3. The van der Waals surface area contributed by atoms with Crippen molar-refractivity contribution in [3.05, 3.63) is 46.3 Å². The van der Waals surface area contributed by atoms with Gasteiger partial charge < -0.3 is 19.9 Å². The molecule has 162 valence electrons. The van der Waals surface area contributed by atoms with Crippen LogP contribution < -0.4 is 10.6 Å². The van der Waals surface area contributed by atoms with E-state index in [9.17, 15) is 14.4 Å². The number of amides is 2. The quantitative estimate of drug-likeness (QED) is 0.507. The van der Waals surface area contributed by atoms with E-state index in [1.807, 2.05) is 0 Å². The van der Waals surface area contributed by atoms with E-state index in [-0.39, 0.29) is 31.4 Å². The summed E-state index contributed by atoms with van der Waals surface area (Å²) in [6.45, 7) is 5.46. The van der Waals surface area contributed by atoms with Crippen LogP contribution in [0.25, 0.3) is 11.4 Å².